The number of ether oxygens (including phenoxy) is 2. The third-order valence-corrected chi connectivity index (χ3v) is 4.65. The zero-order valence-corrected chi connectivity index (χ0v) is 14.0. The minimum absolute atomic E-state index is 0.0512. The van der Waals surface area contributed by atoms with Crippen molar-refractivity contribution in [1.82, 2.24) is 5.32 Å². The highest BCUT2D eigenvalue weighted by atomic mass is 35.5. The molecule has 0 saturated heterocycles. The van der Waals surface area contributed by atoms with Crippen LogP contribution in [0.3, 0.4) is 0 Å². The Kier molecular flexibility index (Phi) is 4.48. The first-order valence-electron chi connectivity index (χ1n) is 7.07. The molecule has 0 fully saturated rings. The minimum atomic E-state index is -0.0512. The van der Waals surface area contributed by atoms with E-state index in [1.54, 1.807) is 14.2 Å². The second-order valence-electron chi connectivity index (χ2n) is 5.18. The molecular weight excluding hydrogens is 321 g/mol. The van der Waals surface area contributed by atoms with Crippen LogP contribution in [0, 0.1) is 0 Å². The summed E-state index contributed by atoms with van der Waals surface area (Å²) in [5.41, 5.74) is 3.25. The third-order valence-electron chi connectivity index (χ3n) is 3.99. The van der Waals surface area contributed by atoms with Crippen LogP contribution in [-0.2, 0) is 6.42 Å². The van der Waals surface area contributed by atoms with Gasteiger partial charge in [-0.05, 0) is 41.8 Å². The average Bonchev–Trinajstić information content (AvgIpc) is 2.53. The van der Waals surface area contributed by atoms with Gasteiger partial charge in [0.2, 0.25) is 0 Å². The summed E-state index contributed by atoms with van der Waals surface area (Å²) in [6.07, 6.45) is 0.925. The summed E-state index contributed by atoms with van der Waals surface area (Å²) >= 11 is 12.8. The molecule has 116 valence electrons. The predicted molar refractivity (Wildman–Crippen MR) is 89.6 cm³/mol. The molecule has 1 N–H and O–H groups in total. The second kappa shape index (κ2) is 6.37. The minimum Gasteiger partial charge on any atom is -0.493 e. The van der Waals surface area contributed by atoms with Gasteiger partial charge in [0.15, 0.2) is 11.5 Å². The first-order chi connectivity index (χ1) is 10.7. The van der Waals surface area contributed by atoms with Gasteiger partial charge in [0.25, 0.3) is 0 Å². The number of rotatable bonds is 3. The van der Waals surface area contributed by atoms with Crippen LogP contribution in [0.15, 0.2) is 30.3 Å². The van der Waals surface area contributed by atoms with Crippen molar-refractivity contribution >= 4 is 23.2 Å². The van der Waals surface area contributed by atoms with Crippen molar-refractivity contribution in [2.45, 2.75) is 12.5 Å². The van der Waals surface area contributed by atoms with E-state index in [2.05, 4.69) is 5.32 Å². The Morgan fingerprint density at radius 2 is 1.68 bits per heavy atom. The molecule has 2 aromatic carbocycles. The average molecular weight is 338 g/mol. The van der Waals surface area contributed by atoms with E-state index in [4.69, 9.17) is 32.7 Å². The van der Waals surface area contributed by atoms with Crippen LogP contribution in [0.1, 0.15) is 22.7 Å². The van der Waals surface area contributed by atoms with Crippen LogP contribution in [0.25, 0.3) is 0 Å². The van der Waals surface area contributed by atoms with E-state index in [9.17, 15) is 0 Å². The summed E-state index contributed by atoms with van der Waals surface area (Å²) in [7, 11) is 3.28. The topological polar surface area (TPSA) is 30.5 Å². The predicted octanol–water partition coefficient (Wildman–Crippen LogP) is 4.25. The van der Waals surface area contributed by atoms with E-state index < -0.39 is 0 Å². The number of benzene rings is 2. The highest BCUT2D eigenvalue weighted by molar-refractivity contribution is 6.36. The molecule has 3 rings (SSSR count). The lowest BCUT2D eigenvalue weighted by Gasteiger charge is -2.29. The maximum Gasteiger partial charge on any atom is 0.161 e. The van der Waals surface area contributed by atoms with Crippen molar-refractivity contribution in [2.75, 3.05) is 20.8 Å². The molecule has 1 aliphatic rings. The number of nitrogens with one attached hydrogen (secondary N) is 1. The van der Waals surface area contributed by atoms with Gasteiger partial charge in [-0.15, -0.1) is 0 Å². The molecule has 0 saturated carbocycles. The molecule has 5 heteroatoms. The Bertz CT molecular complexity index is 683. The van der Waals surface area contributed by atoms with E-state index in [0.29, 0.717) is 15.8 Å². The molecule has 1 unspecified atom stereocenters. The van der Waals surface area contributed by atoms with Crippen molar-refractivity contribution in [3.63, 3.8) is 0 Å². The van der Waals surface area contributed by atoms with Crippen LogP contribution in [-0.4, -0.2) is 20.8 Å². The first kappa shape index (κ1) is 15.5. The van der Waals surface area contributed by atoms with Crippen LogP contribution in [0.4, 0.5) is 0 Å². The summed E-state index contributed by atoms with van der Waals surface area (Å²) in [5, 5.41) is 4.82. The molecule has 0 aromatic heterocycles. The highest BCUT2D eigenvalue weighted by Gasteiger charge is 2.27. The standard InChI is InChI=1S/C17H17Cl2NO2/c1-21-14-8-10-6-7-20-17(11(10)9-15(14)22-2)16-12(18)4-3-5-13(16)19/h3-5,8-9,17,20H,6-7H2,1-2H3. The van der Waals surface area contributed by atoms with E-state index in [1.807, 2.05) is 30.3 Å². The molecule has 22 heavy (non-hydrogen) atoms. The zero-order valence-electron chi connectivity index (χ0n) is 12.5. The van der Waals surface area contributed by atoms with Crippen LogP contribution < -0.4 is 14.8 Å². The fourth-order valence-electron chi connectivity index (χ4n) is 2.93. The van der Waals surface area contributed by atoms with Crippen molar-refractivity contribution in [1.29, 1.82) is 0 Å². The van der Waals surface area contributed by atoms with Crippen LogP contribution in [0.5, 0.6) is 11.5 Å². The van der Waals surface area contributed by atoms with Gasteiger partial charge < -0.3 is 14.8 Å². The smallest absolute Gasteiger partial charge is 0.161 e. The van der Waals surface area contributed by atoms with E-state index in [1.165, 1.54) is 5.56 Å². The highest BCUT2D eigenvalue weighted by Crippen LogP contribution is 2.41. The molecule has 1 atom stereocenters. The first-order valence-corrected chi connectivity index (χ1v) is 7.83. The fraction of sp³-hybridized carbons (Fsp3) is 0.294. The van der Waals surface area contributed by atoms with Crippen LogP contribution in [0.2, 0.25) is 10.0 Å². The van der Waals surface area contributed by atoms with Gasteiger partial charge in [-0.1, -0.05) is 29.3 Å². The SMILES string of the molecule is COc1cc2c(cc1OC)C(c1c(Cl)cccc1Cl)NCC2. The Balaban J connectivity index is 2.15. The Hall–Kier alpha value is -1.42. The van der Waals surface area contributed by atoms with Gasteiger partial charge in [0.1, 0.15) is 0 Å². The summed E-state index contributed by atoms with van der Waals surface area (Å²) in [6, 6.07) is 9.56. The molecule has 0 amide bonds. The fourth-order valence-corrected chi connectivity index (χ4v) is 3.54. The lowest BCUT2D eigenvalue weighted by atomic mass is 9.89. The second-order valence-corrected chi connectivity index (χ2v) is 5.99. The normalized spacial score (nSPS) is 17.0. The van der Waals surface area contributed by atoms with Crippen LogP contribution >= 0.6 is 23.2 Å². The molecular formula is C17H17Cl2NO2. The molecule has 0 spiro atoms. The van der Waals surface area contributed by atoms with E-state index in [-0.39, 0.29) is 6.04 Å². The number of hydrogen-bond donors (Lipinski definition) is 1. The van der Waals surface area contributed by atoms with Crippen molar-refractivity contribution in [3.05, 3.63) is 57.1 Å². The Morgan fingerprint density at radius 3 is 2.32 bits per heavy atom. The molecule has 0 bridgehead atoms. The Morgan fingerprint density at radius 1 is 1.05 bits per heavy atom. The monoisotopic (exact) mass is 337 g/mol. The van der Waals surface area contributed by atoms with Gasteiger partial charge in [0, 0.05) is 22.2 Å². The molecule has 0 radical (unpaired) electrons. The number of hydrogen-bond acceptors (Lipinski definition) is 3. The van der Waals surface area contributed by atoms with E-state index >= 15 is 0 Å². The maximum absolute atomic E-state index is 6.38. The molecule has 0 aliphatic carbocycles. The van der Waals surface area contributed by atoms with Gasteiger partial charge in [-0.25, -0.2) is 0 Å². The summed E-state index contributed by atoms with van der Waals surface area (Å²) < 4.78 is 10.8. The zero-order chi connectivity index (χ0) is 15.7. The summed E-state index contributed by atoms with van der Waals surface area (Å²) in [4.78, 5) is 0. The van der Waals surface area contributed by atoms with Crippen molar-refractivity contribution < 1.29 is 9.47 Å². The number of halogens is 2. The number of methoxy groups -OCH3 is 2. The quantitative estimate of drug-likeness (QED) is 0.908. The van der Waals surface area contributed by atoms with Gasteiger partial charge in [-0.3, -0.25) is 0 Å². The van der Waals surface area contributed by atoms with Gasteiger partial charge in [0.05, 0.1) is 20.3 Å². The summed E-state index contributed by atoms with van der Waals surface area (Å²) in [6.45, 7) is 0.856. The molecule has 1 aliphatic heterocycles. The number of fused-ring (bicyclic) bond motifs is 1. The molecule has 3 nitrogen and oxygen atoms in total. The lowest BCUT2D eigenvalue weighted by molar-refractivity contribution is 0.353. The van der Waals surface area contributed by atoms with E-state index in [0.717, 1.165) is 29.8 Å². The third kappa shape index (κ3) is 2.65. The van der Waals surface area contributed by atoms with Crippen molar-refractivity contribution in [3.8, 4) is 11.5 Å². The molecule has 2 aromatic rings. The van der Waals surface area contributed by atoms with Gasteiger partial charge >= 0.3 is 0 Å². The maximum atomic E-state index is 6.38. The molecule has 1 heterocycles. The van der Waals surface area contributed by atoms with Crippen molar-refractivity contribution in [2.24, 2.45) is 0 Å². The lowest BCUT2D eigenvalue weighted by Crippen LogP contribution is -2.31. The largest absolute Gasteiger partial charge is 0.493 e. The Labute approximate surface area is 140 Å². The van der Waals surface area contributed by atoms with Gasteiger partial charge in [-0.2, -0.15) is 0 Å². The summed E-state index contributed by atoms with van der Waals surface area (Å²) in [5.74, 6) is 1.45.